The van der Waals surface area contributed by atoms with Crippen molar-refractivity contribution in [2.75, 3.05) is 18.4 Å². The monoisotopic (exact) mass is 453 g/mol. The smallest absolute Gasteiger partial charge is 0.370 e. The molecule has 11 heteroatoms. The summed E-state index contributed by atoms with van der Waals surface area (Å²) in [6.07, 6.45) is -3.22. The Morgan fingerprint density at radius 2 is 1.84 bits per heavy atom. The Morgan fingerprint density at radius 1 is 1.09 bits per heavy atom. The fourth-order valence-electron chi connectivity index (χ4n) is 3.12. The van der Waals surface area contributed by atoms with Crippen LogP contribution in [0.5, 0.6) is 0 Å². The summed E-state index contributed by atoms with van der Waals surface area (Å²) in [4.78, 5) is 16.3. The van der Waals surface area contributed by atoms with E-state index in [-0.39, 0.29) is 17.8 Å². The van der Waals surface area contributed by atoms with Crippen molar-refractivity contribution < 1.29 is 26.7 Å². The normalized spacial score (nSPS) is 11.5. The van der Waals surface area contributed by atoms with Crippen molar-refractivity contribution in [3.05, 3.63) is 70.7 Å². The van der Waals surface area contributed by atoms with Crippen molar-refractivity contribution in [2.24, 2.45) is 0 Å². The van der Waals surface area contributed by atoms with E-state index < -0.39 is 29.3 Å². The number of carbonyl (C=O) groups is 1. The van der Waals surface area contributed by atoms with Gasteiger partial charge in [0.05, 0.1) is 22.5 Å². The summed E-state index contributed by atoms with van der Waals surface area (Å²) in [5, 5.41) is 9.80. The van der Waals surface area contributed by atoms with Crippen LogP contribution < -0.4 is 10.6 Å². The van der Waals surface area contributed by atoms with E-state index in [2.05, 4.69) is 20.7 Å². The van der Waals surface area contributed by atoms with Gasteiger partial charge in [-0.15, -0.1) is 0 Å². The highest BCUT2D eigenvalue weighted by Crippen LogP contribution is 2.28. The zero-order valence-corrected chi connectivity index (χ0v) is 17.2. The Morgan fingerprint density at radius 3 is 2.47 bits per heavy atom. The number of halogens is 5. The maximum atomic E-state index is 14.1. The van der Waals surface area contributed by atoms with Gasteiger partial charge in [0.1, 0.15) is 17.3 Å². The largest absolute Gasteiger partial charge is 0.417 e. The summed E-state index contributed by atoms with van der Waals surface area (Å²) in [6, 6.07) is 5.26. The van der Waals surface area contributed by atoms with E-state index >= 15 is 0 Å². The SMILES string of the molecule is Cc1nn(-c2ccc(F)cc2F)c(C)c1C(=O)NCCCNc1ccc(C(F)(F)F)cn1. The van der Waals surface area contributed by atoms with Gasteiger partial charge in [-0.05, 0) is 44.5 Å². The first kappa shape index (κ1) is 23.2. The molecule has 0 fully saturated rings. The average Bonchev–Trinajstić information content (AvgIpc) is 3.01. The molecule has 1 amide bonds. The maximum absolute atomic E-state index is 14.1. The molecule has 0 saturated carbocycles. The quantitative estimate of drug-likeness (QED) is 0.411. The van der Waals surface area contributed by atoms with Gasteiger partial charge in [-0.25, -0.2) is 18.4 Å². The summed E-state index contributed by atoms with van der Waals surface area (Å²) >= 11 is 0. The molecular weight excluding hydrogens is 433 g/mol. The number of amides is 1. The number of nitrogens with one attached hydrogen (secondary N) is 2. The van der Waals surface area contributed by atoms with E-state index in [1.54, 1.807) is 13.8 Å². The number of hydrogen-bond acceptors (Lipinski definition) is 4. The van der Waals surface area contributed by atoms with Gasteiger partial charge in [-0.2, -0.15) is 18.3 Å². The third-order valence-electron chi connectivity index (χ3n) is 4.69. The molecule has 2 heterocycles. The third-order valence-corrected chi connectivity index (χ3v) is 4.69. The van der Waals surface area contributed by atoms with Crippen LogP contribution in [0.4, 0.5) is 27.8 Å². The molecule has 0 unspecified atom stereocenters. The van der Waals surface area contributed by atoms with E-state index in [4.69, 9.17) is 0 Å². The van der Waals surface area contributed by atoms with Gasteiger partial charge in [0.15, 0.2) is 5.82 Å². The van der Waals surface area contributed by atoms with Crippen molar-refractivity contribution in [2.45, 2.75) is 26.4 Å². The number of aromatic nitrogens is 3. The molecule has 6 nitrogen and oxygen atoms in total. The second kappa shape index (κ2) is 9.33. The van der Waals surface area contributed by atoms with Crippen LogP contribution in [0.3, 0.4) is 0 Å². The molecule has 2 N–H and O–H groups in total. The molecule has 0 aliphatic carbocycles. The number of aryl methyl sites for hydroxylation is 1. The number of carbonyl (C=O) groups excluding carboxylic acids is 1. The lowest BCUT2D eigenvalue weighted by Gasteiger charge is -2.09. The van der Waals surface area contributed by atoms with Gasteiger partial charge < -0.3 is 10.6 Å². The molecule has 0 bridgehead atoms. The number of nitrogens with zero attached hydrogens (tertiary/aromatic N) is 3. The number of pyridine rings is 1. The van der Waals surface area contributed by atoms with E-state index in [1.165, 1.54) is 16.8 Å². The highest BCUT2D eigenvalue weighted by molar-refractivity contribution is 5.96. The minimum absolute atomic E-state index is 0.0271. The molecule has 0 atom stereocenters. The fourth-order valence-corrected chi connectivity index (χ4v) is 3.12. The van der Waals surface area contributed by atoms with Gasteiger partial charge in [0.2, 0.25) is 0 Å². The van der Waals surface area contributed by atoms with Crippen LogP contribution in [0.15, 0.2) is 36.5 Å². The summed E-state index contributed by atoms with van der Waals surface area (Å²) < 4.78 is 66.1. The maximum Gasteiger partial charge on any atom is 0.417 e. The molecule has 0 spiro atoms. The highest BCUT2D eigenvalue weighted by Gasteiger charge is 2.30. The van der Waals surface area contributed by atoms with Gasteiger partial charge in [0.25, 0.3) is 5.91 Å². The Balaban J connectivity index is 1.55. The average molecular weight is 453 g/mol. The van der Waals surface area contributed by atoms with Crippen LogP contribution in [0, 0.1) is 25.5 Å². The third kappa shape index (κ3) is 5.21. The fraction of sp³-hybridized carbons (Fsp3) is 0.286. The minimum atomic E-state index is -4.44. The van der Waals surface area contributed by atoms with E-state index in [1.807, 2.05) is 0 Å². The summed E-state index contributed by atoms with van der Waals surface area (Å²) in [6.45, 7) is 3.87. The number of hydrogen-bond donors (Lipinski definition) is 2. The first-order valence-corrected chi connectivity index (χ1v) is 9.65. The number of anilines is 1. The minimum Gasteiger partial charge on any atom is -0.370 e. The van der Waals surface area contributed by atoms with Crippen LogP contribution in [0.25, 0.3) is 5.69 Å². The van der Waals surface area contributed by atoms with Crippen LogP contribution in [-0.2, 0) is 6.18 Å². The van der Waals surface area contributed by atoms with E-state index in [0.29, 0.717) is 30.2 Å². The van der Waals surface area contributed by atoms with Crippen LogP contribution in [0.2, 0.25) is 0 Å². The standard InChI is InChI=1S/C21H20F5N5O/c1-12-19(13(2)31(30-12)17-6-5-15(22)10-16(17)23)20(32)28-9-3-8-27-18-7-4-14(11-29-18)21(24,25)26/h4-7,10-11H,3,8-9H2,1-2H3,(H,27,29)(H,28,32). The topological polar surface area (TPSA) is 71.8 Å². The number of alkyl halides is 3. The lowest BCUT2D eigenvalue weighted by atomic mass is 10.2. The van der Waals surface area contributed by atoms with E-state index in [9.17, 15) is 26.7 Å². The molecule has 2 aromatic heterocycles. The first-order valence-electron chi connectivity index (χ1n) is 9.65. The molecule has 0 aliphatic rings. The second-order valence-electron chi connectivity index (χ2n) is 7.02. The Bertz CT molecular complexity index is 1110. The lowest BCUT2D eigenvalue weighted by molar-refractivity contribution is -0.137. The summed E-state index contributed by atoms with van der Waals surface area (Å²) in [5.74, 6) is -1.63. The molecule has 170 valence electrons. The van der Waals surface area contributed by atoms with Crippen LogP contribution in [-0.4, -0.2) is 33.8 Å². The molecule has 32 heavy (non-hydrogen) atoms. The molecule has 3 rings (SSSR count). The predicted molar refractivity (Wildman–Crippen MR) is 108 cm³/mol. The van der Waals surface area contributed by atoms with Gasteiger partial charge in [-0.3, -0.25) is 4.79 Å². The number of rotatable bonds is 7. The molecule has 0 aliphatic heterocycles. The van der Waals surface area contributed by atoms with Crippen molar-refractivity contribution in [1.82, 2.24) is 20.1 Å². The molecule has 0 radical (unpaired) electrons. The van der Waals surface area contributed by atoms with Gasteiger partial charge in [0, 0.05) is 25.4 Å². The highest BCUT2D eigenvalue weighted by atomic mass is 19.4. The Kier molecular flexibility index (Phi) is 6.75. The first-order chi connectivity index (χ1) is 15.1. The van der Waals surface area contributed by atoms with E-state index in [0.717, 1.165) is 24.4 Å². The van der Waals surface area contributed by atoms with Crippen LogP contribution in [0.1, 0.15) is 33.7 Å². The van der Waals surface area contributed by atoms with Crippen molar-refractivity contribution in [3.8, 4) is 5.69 Å². The summed E-state index contributed by atoms with van der Waals surface area (Å²) in [5.41, 5.74) is 0.265. The number of benzene rings is 1. The molecule has 0 saturated heterocycles. The Hall–Kier alpha value is -3.50. The summed E-state index contributed by atoms with van der Waals surface area (Å²) in [7, 11) is 0. The predicted octanol–water partition coefficient (Wildman–Crippen LogP) is 4.41. The van der Waals surface area contributed by atoms with Crippen molar-refractivity contribution in [3.63, 3.8) is 0 Å². The van der Waals surface area contributed by atoms with Crippen molar-refractivity contribution in [1.29, 1.82) is 0 Å². The van der Waals surface area contributed by atoms with Crippen molar-refractivity contribution >= 4 is 11.7 Å². The van der Waals surface area contributed by atoms with Gasteiger partial charge in [-0.1, -0.05) is 0 Å². The van der Waals surface area contributed by atoms with Gasteiger partial charge >= 0.3 is 6.18 Å². The Labute approximate surface area is 180 Å². The molecule has 1 aromatic carbocycles. The zero-order valence-electron chi connectivity index (χ0n) is 17.2. The molecule has 3 aromatic rings. The lowest BCUT2D eigenvalue weighted by Crippen LogP contribution is -2.27. The zero-order chi connectivity index (χ0) is 23.5. The second-order valence-corrected chi connectivity index (χ2v) is 7.02. The van der Waals surface area contributed by atoms with Crippen LogP contribution >= 0.6 is 0 Å². The molecular formula is C21H20F5N5O.